The lowest BCUT2D eigenvalue weighted by Crippen LogP contribution is -2.46. The monoisotopic (exact) mass is 580 g/mol. The Labute approximate surface area is 214 Å². The molecule has 2 aromatic rings. The lowest BCUT2D eigenvalue weighted by Gasteiger charge is -2.20. The Kier molecular flexibility index (Phi) is 7.55. The maximum atomic E-state index is 13.5. The van der Waals surface area contributed by atoms with E-state index in [1.54, 1.807) is 0 Å². The Morgan fingerprint density at radius 1 is 1.03 bits per heavy atom. The molecule has 1 aliphatic rings. The van der Waals surface area contributed by atoms with Crippen molar-refractivity contribution in [3.63, 3.8) is 0 Å². The van der Waals surface area contributed by atoms with Gasteiger partial charge in [-0.05, 0) is 42.3 Å². The highest BCUT2D eigenvalue weighted by Gasteiger charge is 2.67. The zero-order chi connectivity index (χ0) is 26.5. The number of hydrogen-bond acceptors (Lipinski definition) is 2. The first kappa shape index (κ1) is 27.7. The number of carbonyl (C=O) groups is 2. The molecule has 0 heterocycles. The smallest absolute Gasteiger partial charge is 0.346 e. The Bertz CT molecular complexity index is 1190. The quantitative estimate of drug-likeness (QED) is 0.288. The topological polar surface area (TPSA) is 58.2 Å². The van der Waals surface area contributed by atoms with E-state index in [9.17, 15) is 35.9 Å². The van der Waals surface area contributed by atoms with Gasteiger partial charge in [-0.15, -0.1) is 23.2 Å². The maximum absolute atomic E-state index is 13.5. The molecule has 0 unspecified atom stereocenters. The van der Waals surface area contributed by atoms with Crippen LogP contribution in [-0.2, 0) is 4.79 Å². The highest BCUT2D eigenvalue weighted by Crippen LogP contribution is 2.65. The number of benzene rings is 2. The van der Waals surface area contributed by atoms with Crippen molar-refractivity contribution in [1.29, 1.82) is 0 Å². The molecule has 0 aliphatic heterocycles. The summed E-state index contributed by atoms with van der Waals surface area (Å²) in [7, 11) is 0. The van der Waals surface area contributed by atoms with Crippen molar-refractivity contribution < 1.29 is 35.9 Å². The van der Waals surface area contributed by atoms with Crippen molar-refractivity contribution in [1.82, 2.24) is 5.32 Å². The summed E-state index contributed by atoms with van der Waals surface area (Å²) in [5.74, 6) is -9.58. The molecule has 0 radical (unpaired) electrons. The third-order valence-electron chi connectivity index (χ3n) is 5.38. The summed E-state index contributed by atoms with van der Waals surface area (Å²) in [4.78, 5) is 25.1. The number of halogens is 10. The highest BCUT2D eigenvalue weighted by molar-refractivity contribution is 6.53. The molecule has 1 fully saturated rings. The third-order valence-corrected chi connectivity index (χ3v) is 7.00. The van der Waals surface area contributed by atoms with Crippen LogP contribution in [0.4, 0.5) is 32.0 Å². The van der Waals surface area contributed by atoms with E-state index >= 15 is 0 Å². The van der Waals surface area contributed by atoms with Gasteiger partial charge in [-0.1, -0.05) is 29.3 Å². The minimum absolute atomic E-state index is 0.0646. The summed E-state index contributed by atoms with van der Waals surface area (Å²) < 4.78 is 75.3. The lowest BCUT2D eigenvalue weighted by molar-refractivity contribution is -0.278. The second-order valence-electron chi connectivity index (χ2n) is 7.81. The Hall–Kier alpha value is -1.88. The summed E-state index contributed by atoms with van der Waals surface area (Å²) in [5, 5.41) is 3.68. The largest absolute Gasteiger partial charge is 0.455 e. The van der Waals surface area contributed by atoms with E-state index in [1.165, 1.54) is 30.4 Å². The molecule has 35 heavy (non-hydrogen) atoms. The molecule has 4 nitrogen and oxygen atoms in total. The van der Waals surface area contributed by atoms with E-state index in [2.05, 4.69) is 5.32 Å². The molecule has 2 atom stereocenters. The second kappa shape index (κ2) is 9.53. The van der Waals surface area contributed by atoms with Gasteiger partial charge in [0.05, 0.1) is 17.5 Å². The summed E-state index contributed by atoms with van der Waals surface area (Å²) in [6.45, 7) is -0.656. The number of amides is 2. The van der Waals surface area contributed by atoms with Gasteiger partial charge >= 0.3 is 12.1 Å². The zero-order valence-corrected chi connectivity index (χ0v) is 20.4. The normalized spacial score (nSPS) is 19.3. The Morgan fingerprint density at radius 3 is 2.23 bits per heavy atom. The summed E-state index contributed by atoms with van der Waals surface area (Å²) in [6.07, 6.45) is -5.85. The van der Waals surface area contributed by atoms with Gasteiger partial charge in [-0.3, -0.25) is 9.59 Å². The molecule has 14 heteroatoms. The number of anilines is 1. The summed E-state index contributed by atoms with van der Waals surface area (Å²) in [6, 6.07) is 6.02. The molecule has 190 valence electrons. The molecule has 0 aromatic heterocycles. The molecule has 1 saturated carbocycles. The van der Waals surface area contributed by atoms with E-state index in [1.807, 2.05) is 0 Å². The van der Waals surface area contributed by atoms with Crippen LogP contribution < -0.4 is 10.6 Å². The van der Waals surface area contributed by atoms with Crippen molar-refractivity contribution in [3.8, 4) is 0 Å². The number of alkyl halides is 7. The van der Waals surface area contributed by atoms with Crippen molar-refractivity contribution in [2.24, 2.45) is 5.92 Å². The van der Waals surface area contributed by atoms with Crippen molar-refractivity contribution in [2.75, 3.05) is 11.9 Å². The van der Waals surface area contributed by atoms with Crippen LogP contribution in [0, 0.1) is 18.7 Å². The predicted octanol–water partition coefficient (Wildman–Crippen LogP) is 6.89. The lowest BCUT2D eigenvalue weighted by atomic mass is 10.1. The fourth-order valence-electron chi connectivity index (χ4n) is 3.37. The first-order chi connectivity index (χ1) is 16.0. The van der Waals surface area contributed by atoms with Crippen molar-refractivity contribution in [2.45, 2.75) is 29.3 Å². The average molecular weight is 582 g/mol. The number of hydrogen-bond donors (Lipinski definition) is 2. The Balaban J connectivity index is 1.78. The van der Waals surface area contributed by atoms with Crippen LogP contribution in [-0.4, -0.2) is 34.8 Å². The molecule has 2 N–H and O–H groups in total. The minimum atomic E-state index is -5.85. The van der Waals surface area contributed by atoms with E-state index in [0.29, 0.717) is 5.56 Å². The number of nitrogens with one attached hydrogen (secondary N) is 2. The molecule has 0 bridgehead atoms. The van der Waals surface area contributed by atoms with Gasteiger partial charge in [-0.25, -0.2) is 4.39 Å². The van der Waals surface area contributed by atoms with Crippen LogP contribution >= 0.6 is 46.4 Å². The minimum Gasteiger partial charge on any atom is -0.346 e. The van der Waals surface area contributed by atoms with Crippen LogP contribution in [0.25, 0.3) is 0 Å². The van der Waals surface area contributed by atoms with Crippen LogP contribution in [0.3, 0.4) is 0 Å². The SMILES string of the molecule is Cc1c(Cl)cc(NC(=O)[C@H]2[C@H](c3ccc(F)c(Cl)c3)C2(Cl)Cl)cc1C(=O)NCC(F)(F)C(F)(F)F. The molecule has 2 aromatic carbocycles. The second-order valence-corrected chi connectivity index (χ2v) is 10.1. The van der Waals surface area contributed by atoms with E-state index in [0.717, 1.165) is 12.1 Å². The molecule has 3 rings (SSSR count). The molecule has 2 amide bonds. The van der Waals surface area contributed by atoms with Crippen molar-refractivity contribution >= 4 is 63.9 Å². The van der Waals surface area contributed by atoms with Gasteiger partial charge < -0.3 is 10.6 Å². The molecular formula is C21H14Cl4F6N2O2. The van der Waals surface area contributed by atoms with Crippen LogP contribution in [0.15, 0.2) is 30.3 Å². The molecular weight excluding hydrogens is 568 g/mol. The average Bonchev–Trinajstić information content (AvgIpc) is 3.32. The highest BCUT2D eigenvalue weighted by atomic mass is 35.5. The zero-order valence-electron chi connectivity index (χ0n) is 17.3. The van der Waals surface area contributed by atoms with Crippen LogP contribution in [0.5, 0.6) is 0 Å². The van der Waals surface area contributed by atoms with Gasteiger partial charge in [0.25, 0.3) is 5.91 Å². The van der Waals surface area contributed by atoms with Gasteiger partial charge in [-0.2, -0.15) is 22.0 Å². The first-order valence-corrected chi connectivity index (χ1v) is 11.1. The van der Waals surface area contributed by atoms with E-state index in [4.69, 9.17) is 46.4 Å². The van der Waals surface area contributed by atoms with Gasteiger partial charge in [0, 0.05) is 22.2 Å². The van der Waals surface area contributed by atoms with Crippen molar-refractivity contribution in [3.05, 3.63) is 62.9 Å². The number of rotatable bonds is 6. The first-order valence-electron chi connectivity index (χ1n) is 9.64. The van der Waals surface area contributed by atoms with E-state index < -0.39 is 52.4 Å². The summed E-state index contributed by atoms with van der Waals surface area (Å²) >= 11 is 24.3. The number of carbonyl (C=O) groups excluding carboxylic acids is 2. The third kappa shape index (κ3) is 5.60. The van der Waals surface area contributed by atoms with Gasteiger partial charge in [0.15, 0.2) is 0 Å². The van der Waals surface area contributed by atoms with E-state index in [-0.39, 0.29) is 26.9 Å². The molecule has 0 saturated heterocycles. The van der Waals surface area contributed by atoms with Gasteiger partial charge in [0.1, 0.15) is 10.2 Å². The fourth-order valence-corrected chi connectivity index (χ4v) is 4.60. The maximum Gasteiger partial charge on any atom is 0.455 e. The van der Waals surface area contributed by atoms with Crippen LogP contribution in [0.1, 0.15) is 27.4 Å². The molecule has 0 spiro atoms. The Morgan fingerprint density at radius 2 is 1.66 bits per heavy atom. The van der Waals surface area contributed by atoms with Crippen LogP contribution in [0.2, 0.25) is 10.0 Å². The standard InChI is InChI=1S/C21H14Cl4F6N2O2/c1-8-11(17(34)32-7-19(27,28)21(29,30)31)5-10(6-12(8)22)33-18(35)16-15(20(16,24)25)9-2-3-14(26)13(23)4-9/h2-6,15-16H,7H2,1H3,(H,32,34)(H,33,35)/t15-,16+/m0/s1. The fraction of sp³-hybridized carbons (Fsp3) is 0.333. The molecule has 1 aliphatic carbocycles. The van der Waals surface area contributed by atoms with Gasteiger partial charge in [0.2, 0.25) is 5.91 Å². The summed E-state index contributed by atoms with van der Waals surface area (Å²) in [5.41, 5.74) is 0.0672. The predicted molar refractivity (Wildman–Crippen MR) is 120 cm³/mol.